The highest BCUT2D eigenvalue weighted by molar-refractivity contribution is 5.79. The van der Waals surface area contributed by atoms with Crippen molar-refractivity contribution >= 4 is 5.97 Å². The van der Waals surface area contributed by atoms with Gasteiger partial charge in [-0.2, -0.15) is 0 Å². The Bertz CT molecular complexity index is 1280. The van der Waals surface area contributed by atoms with Crippen molar-refractivity contribution in [2.24, 2.45) is 11.8 Å². The third-order valence-corrected chi connectivity index (χ3v) is 8.12. The summed E-state index contributed by atoms with van der Waals surface area (Å²) in [5, 5.41) is 51.3. The Hall–Kier alpha value is -3.13. The maximum absolute atomic E-state index is 13.2. The third kappa shape index (κ3) is 4.10. The van der Waals surface area contributed by atoms with Crippen LogP contribution >= 0.6 is 0 Å². The van der Waals surface area contributed by atoms with Gasteiger partial charge in [0.15, 0.2) is 29.3 Å². The zero-order valence-electron chi connectivity index (χ0n) is 21.2. The summed E-state index contributed by atoms with van der Waals surface area (Å²) in [6.45, 7) is 1.16. The predicted molar refractivity (Wildman–Crippen MR) is 129 cm³/mol. The van der Waals surface area contributed by atoms with Gasteiger partial charge in [-0.3, -0.25) is 4.79 Å². The fourth-order valence-electron chi connectivity index (χ4n) is 6.12. The number of phenolic OH excluding ortho intramolecular Hbond substituents is 1. The van der Waals surface area contributed by atoms with Crippen LogP contribution in [0.1, 0.15) is 34.3 Å². The van der Waals surface area contributed by atoms with Crippen LogP contribution in [0.5, 0.6) is 23.0 Å². The van der Waals surface area contributed by atoms with Gasteiger partial charge in [0.25, 0.3) is 0 Å². The average molecular weight is 547 g/mol. The van der Waals surface area contributed by atoms with E-state index in [1.54, 1.807) is 31.2 Å². The Labute approximate surface area is 223 Å². The second-order valence-electron chi connectivity index (χ2n) is 10.3. The van der Waals surface area contributed by atoms with Crippen LogP contribution in [-0.4, -0.2) is 89.3 Å². The van der Waals surface area contributed by atoms with Gasteiger partial charge in [-0.25, -0.2) is 0 Å². The van der Waals surface area contributed by atoms with E-state index < -0.39 is 67.1 Å². The molecule has 12 nitrogen and oxygen atoms in total. The van der Waals surface area contributed by atoms with Crippen LogP contribution in [0.4, 0.5) is 0 Å². The van der Waals surface area contributed by atoms with Gasteiger partial charge < -0.3 is 54.0 Å². The van der Waals surface area contributed by atoms with E-state index in [9.17, 15) is 30.3 Å². The van der Waals surface area contributed by atoms with Crippen LogP contribution in [0.3, 0.4) is 0 Å². The molecule has 39 heavy (non-hydrogen) atoms. The number of hydrogen-bond donors (Lipinski definition) is 5. The van der Waals surface area contributed by atoms with E-state index in [1.165, 1.54) is 7.11 Å². The lowest BCUT2D eigenvalue weighted by molar-refractivity contribution is -0.317. The molecule has 2 saturated heterocycles. The highest BCUT2D eigenvalue weighted by Gasteiger charge is 2.55. The Morgan fingerprint density at radius 2 is 1.69 bits per heavy atom. The molecule has 3 unspecified atom stereocenters. The number of rotatable bonds is 5. The van der Waals surface area contributed by atoms with Crippen molar-refractivity contribution in [3.8, 4) is 23.0 Å². The zero-order valence-corrected chi connectivity index (χ0v) is 21.2. The number of cyclic esters (lactones) is 1. The van der Waals surface area contributed by atoms with Crippen molar-refractivity contribution in [1.82, 2.24) is 0 Å². The molecule has 3 heterocycles. The standard InChI is InChI=1S/C27H30O12/c1-10-3-11(4-17(34-2)21(10)29)19-12-5-15-16(37-9-36-15)6-13(12)25(14-8-35-26(33)20(14)19)39-27-24(32)23(31)22(30)18(7-28)38-27/h3-6,14,18-20,22-25,27-32H,7-9H2,1-2H3/t14-,18?,19?,20-,22+,23-,24?,25+,27-/m0/s1. The smallest absolute Gasteiger partial charge is 0.310 e. The number of ether oxygens (including phenoxy) is 6. The summed E-state index contributed by atoms with van der Waals surface area (Å²) in [7, 11) is 1.45. The minimum atomic E-state index is -1.63. The Balaban J connectivity index is 1.48. The van der Waals surface area contributed by atoms with E-state index in [4.69, 9.17) is 28.4 Å². The first-order valence-corrected chi connectivity index (χ1v) is 12.7. The van der Waals surface area contributed by atoms with Crippen LogP contribution < -0.4 is 14.2 Å². The second kappa shape index (κ2) is 9.81. The van der Waals surface area contributed by atoms with Gasteiger partial charge >= 0.3 is 5.97 Å². The van der Waals surface area contributed by atoms with Crippen LogP contribution in [-0.2, 0) is 19.0 Å². The molecule has 9 atom stereocenters. The number of benzene rings is 2. The van der Waals surface area contributed by atoms with Crippen LogP contribution in [0.15, 0.2) is 24.3 Å². The predicted octanol–water partition coefficient (Wildman–Crippen LogP) is 0.230. The maximum Gasteiger partial charge on any atom is 0.310 e. The van der Waals surface area contributed by atoms with Gasteiger partial charge in [-0.15, -0.1) is 0 Å². The van der Waals surface area contributed by atoms with E-state index in [0.29, 0.717) is 33.8 Å². The van der Waals surface area contributed by atoms with Gasteiger partial charge in [0.1, 0.15) is 24.4 Å². The molecule has 12 heteroatoms. The Kier molecular flexibility index (Phi) is 6.57. The number of hydrogen-bond acceptors (Lipinski definition) is 12. The molecular formula is C27H30O12. The molecular weight excluding hydrogens is 516 g/mol. The molecule has 0 aromatic heterocycles. The van der Waals surface area contributed by atoms with Gasteiger partial charge in [0.05, 0.1) is 32.3 Å². The number of aliphatic hydroxyl groups is 4. The van der Waals surface area contributed by atoms with Crippen molar-refractivity contribution in [3.63, 3.8) is 0 Å². The number of aromatic hydroxyl groups is 1. The zero-order chi connectivity index (χ0) is 27.6. The number of aliphatic hydroxyl groups excluding tert-OH is 4. The van der Waals surface area contributed by atoms with Gasteiger partial charge in [-0.1, -0.05) is 6.07 Å². The lowest BCUT2D eigenvalue weighted by Crippen LogP contribution is -2.59. The number of carbonyl (C=O) groups is 1. The Morgan fingerprint density at radius 3 is 2.38 bits per heavy atom. The van der Waals surface area contributed by atoms with E-state index in [2.05, 4.69) is 0 Å². The lowest BCUT2D eigenvalue weighted by atomic mass is 9.66. The van der Waals surface area contributed by atoms with Gasteiger partial charge in [0.2, 0.25) is 6.79 Å². The van der Waals surface area contributed by atoms with E-state index >= 15 is 0 Å². The monoisotopic (exact) mass is 546 g/mol. The molecule has 0 amide bonds. The van der Waals surface area contributed by atoms with Gasteiger partial charge in [0, 0.05) is 11.8 Å². The molecule has 0 saturated carbocycles. The van der Waals surface area contributed by atoms with Crippen molar-refractivity contribution in [3.05, 3.63) is 46.5 Å². The van der Waals surface area contributed by atoms with Crippen molar-refractivity contribution in [2.45, 2.75) is 49.7 Å². The molecule has 6 rings (SSSR count). The van der Waals surface area contributed by atoms with Gasteiger partial charge in [-0.05, 0) is 47.4 Å². The third-order valence-electron chi connectivity index (χ3n) is 8.12. The quantitative estimate of drug-likeness (QED) is 0.324. The summed E-state index contributed by atoms with van der Waals surface area (Å²) in [5.74, 6) is -1.02. The summed E-state index contributed by atoms with van der Waals surface area (Å²) in [6.07, 6.45) is -8.24. The number of methoxy groups -OCH3 is 1. The average Bonchev–Trinajstić information content (AvgIpc) is 3.55. The molecule has 0 radical (unpaired) electrons. The molecule has 2 aromatic carbocycles. The second-order valence-corrected chi connectivity index (χ2v) is 10.3. The first kappa shape index (κ1) is 26.1. The SMILES string of the molecule is COc1cc(C2c3cc4c(cc3[C@@H](O[C@@H]3OC(CO)[C@@H](O)[C@H](O)C3O)[C@H]3COC(=O)[C@H]23)OCO4)cc(C)c1O. The number of phenols is 1. The summed E-state index contributed by atoms with van der Waals surface area (Å²) >= 11 is 0. The summed E-state index contributed by atoms with van der Waals surface area (Å²) in [6, 6.07) is 7.01. The molecule has 0 spiro atoms. The number of carbonyl (C=O) groups excluding carboxylic acids is 1. The summed E-state index contributed by atoms with van der Waals surface area (Å²) in [5.41, 5.74) is 2.59. The fourth-order valence-corrected chi connectivity index (χ4v) is 6.12. The Morgan fingerprint density at radius 1 is 0.974 bits per heavy atom. The topological polar surface area (TPSA) is 174 Å². The molecule has 3 aliphatic heterocycles. The molecule has 1 aliphatic carbocycles. The summed E-state index contributed by atoms with van der Waals surface area (Å²) < 4.78 is 34.1. The maximum atomic E-state index is 13.2. The first-order valence-electron chi connectivity index (χ1n) is 12.7. The molecule has 0 bridgehead atoms. The van der Waals surface area contributed by atoms with Crippen molar-refractivity contribution in [2.75, 3.05) is 27.1 Å². The molecule has 210 valence electrons. The minimum Gasteiger partial charge on any atom is -0.504 e. The van der Waals surface area contributed by atoms with Crippen molar-refractivity contribution < 1.29 is 58.7 Å². The lowest BCUT2D eigenvalue weighted by Gasteiger charge is -2.44. The largest absolute Gasteiger partial charge is 0.504 e. The van der Waals surface area contributed by atoms with Crippen molar-refractivity contribution in [1.29, 1.82) is 0 Å². The van der Waals surface area contributed by atoms with Crippen LogP contribution in [0.25, 0.3) is 0 Å². The van der Waals surface area contributed by atoms with E-state index in [0.717, 1.165) is 0 Å². The minimum absolute atomic E-state index is 0.00246. The summed E-state index contributed by atoms with van der Waals surface area (Å²) in [4.78, 5) is 13.2. The molecule has 2 fully saturated rings. The van der Waals surface area contributed by atoms with Crippen LogP contribution in [0.2, 0.25) is 0 Å². The molecule has 2 aromatic rings. The highest BCUT2D eigenvalue weighted by Crippen LogP contribution is 2.56. The first-order chi connectivity index (χ1) is 18.7. The normalized spacial score (nSPS) is 34.8. The van der Waals surface area contributed by atoms with E-state index in [-0.39, 0.29) is 24.9 Å². The number of aryl methyl sites for hydroxylation is 1. The molecule has 4 aliphatic rings. The number of esters is 1. The van der Waals surface area contributed by atoms with Crippen LogP contribution in [0, 0.1) is 18.8 Å². The molecule has 5 N–H and O–H groups in total. The highest BCUT2D eigenvalue weighted by atomic mass is 16.7. The number of fused-ring (bicyclic) bond motifs is 3. The van der Waals surface area contributed by atoms with E-state index in [1.807, 2.05) is 0 Å². The fraction of sp³-hybridized carbons (Fsp3) is 0.519.